The van der Waals surface area contributed by atoms with Gasteiger partial charge in [0.25, 0.3) is 0 Å². The van der Waals surface area contributed by atoms with Crippen molar-refractivity contribution >= 4 is 5.97 Å². The third-order valence-electron chi connectivity index (χ3n) is 2.73. The summed E-state index contributed by atoms with van der Waals surface area (Å²) in [5, 5.41) is 17.9. The predicted octanol–water partition coefficient (Wildman–Crippen LogP) is 3.20. The van der Waals surface area contributed by atoms with Crippen LogP contribution in [0.25, 0.3) is 0 Å². The molecule has 0 saturated heterocycles. The highest BCUT2D eigenvalue weighted by atomic mass is 16.5. The lowest BCUT2D eigenvalue weighted by Gasteiger charge is -2.15. The molecule has 2 rings (SSSR count). The van der Waals surface area contributed by atoms with E-state index in [0.29, 0.717) is 22.8 Å². The minimum absolute atomic E-state index is 0.306. The quantitative estimate of drug-likeness (QED) is 0.911. The molecule has 1 atom stereocenters. The average molecular weight is 283 g/mol. The maximum Gasteiger partial charge on any atom is 0.344 e. The molecule has 0 amide bonds. The summed E-state index contributed by atoms with van der Waals surface area (Å²) in [6, 6.07) is 15.5. The monoisotopic (exact) mass is 283 g/mol. The zero-order valence-corrected chi connectivity index (χ0v) is 11.3. The second-order valence-corrected chi connectivity index (χ2v) is 4.26. The fourth-order valence-electron chi connectivity index (χ4n) is 1.64. The van der Waals surface area contributed by atoms with Gasteiger partial charge in [-0.3, -0.25) is 0 Å². The van der Waals surface area contributed by atoms with E-state index in [0.717, 1.165) is 0 Å². The Labute approximate surface area is 122 Å². The Hall–Kier alpha value is -3.00. The Morgan fingerprint density at radius 3 is 2.29 bits per heavy atom. The standard InChI is InChI=1S/C16H13NO4/c1-11(16(18)19)20-14-8-4-5-9-15(14)21-13-7-3-2-6-12(13)10-17/h2-9,11H,1H3,(H,18,19). The van der Waals surface area contributed by atoms with Gasteiger partial charge in [0.05, 0.1) is 5.56 Å². The molecule has 106 valence electrons. The summed E-state index contributed by atoms with van der Waals surface area (Å²) in [6.07, 6.45) is -0.999. The Balaban J connectivity index is 2.29. The van der Waals surface area contributed by atoms with Gasteiger partial charge in [-0.2, -0.15) is 5.26 Å². The van der Waals surface area contributed by atoms with Crippen molar-refractivity contribution in [3.63, 3.8) is 0 Å². The first-order chi connectivity index (χ1) is 10.1. The van der Waals surface area contributed by atoms with E-state index in [-0.39, 0.29) is 0 Å². The molecule has 0 aliphatic rings. The molecule has 0 aromatic heterocycles. The Morgan fingerprint density at radius 2 is 1.67 bits per heavy atom. The SMILES string of the molecule is CC(Oc1ccccc1Oc1ccccc1C#N)C(=O)O. The Morgan fingerprint density at radius 1 is 1.10 bits per heavy atom. The van der Waals surface area contributed by atoms with Crippen LogP contribution in [0.4, 0.5) is 0 Å². The lowest BCUT2D eigenvalue weighted by atomic mass is 10.2. The number of nitriles is 1. The van der Waals surface area contributed by atoms with Gasteiger partial charge in [0.1, 0.15) is 11.8 Å². The zero-order chi connectivity index (χ0) is 15.2. The molecule has 0 saturated carbocycles. The highest BCUT2D eigenvalue weighted by Gasteiger charge is 2.16. The van der Waals surface area contributed by atoms with Crippen LogP contribution in [-0.4, -0.2) is 17.2 Å². The number of carboxylic acid groups (broad SMARTS) is 1. The summed E-state index contributed by atoms with van der Waals surface area (Å²) in [4.78, 5) is 10.9. The second-order valence-electron chi connectivity index (χ2n) is 4.26. The van der Waals surface area contributed by atoms with Gasteiger partial charge in [0.2, 0.25) is 0 Å². The van der Waals surface area contributed by atoms with E-state index >= 15 is 0 Å². The average Bonchev–Trinajstić information content (AvgIpc) is 2.49. The van der Waals surface area contributed by atoms with Crippen molar-refractivity contribution in [1.82, 2.24) is 0 Å². The van der Waals surface area contributed by atoms with Crippen molar-refractivity contribution in [3.05, 3.63) is 54.1 Å². The van der Waals surface area contributed by atoms with Crippen LogP contribution in [-0.2, 0) is 4.79 Å². The maximum absolute atomic E-state index is 10.9. The summed E-state index contributed by atoms with van der Waals surface area (Å²) < 4.78 is 11.0. The molecule has 0 fully saturated rings. The number of hydrogen-bond acceptors (Lipinski definition) is 4. The van der Waals surface area contributed by atoms with Crippen molar-refractivity contribution in [3.8, 4) is 23.3 Å². The minimum atomic E-state index is -1.07. The highest BCUT2D eigenvalue weighted by molar-refractivity contribution is 5.72. The Bertz CT molecular complexity index is 691. The number of ether oxygens (including phenoxy) is 2. The highest BCUT2D eigenvalue weighted by Crippen LogP contribution is 2.33. The molecule has 0 aliphatic heterocycles. The summed E-state index contributed by atoms with van der Waals surface area (Å²) in [5.74, 6) is -0.0188. The second kappa shape index (κ2) is 6.44. The molecule has 5 nitrogen and oxygen atoms in total. The predicted molar refractivity (Wildman–Crippen MR) is 75.4 cm³/mol. The summed E-state index contributed by atoms with van der Waals surface area (Å²) in [7, 11) is 0. The number of carbonyl (C=O) groups is 1. The smallest absolute Gasteiger partial charge is 0.344 e. The zero-order valence-electron chi connectivity index (χ0n) is 11.3. The first kappa shape index (κ1) is 14.4. The first-order valence-electron chi connectivity index (χ1n) is 6.27. The van der Waals surface area contributed by atoms with Crippen LogP contribution in [0.15, 0.2) is 48.5 Å². The normalized spacial score (nSPS) is 11.2. The largest absolute Gasteiger partial charge is 0.479 e. The minimum Gasteiger partial charge on any atom is -0.479 e. The lowest BCUT2D eigenvalue weighted by molar-refractivity contribution is -0.144. The summed E-state index contributed by atoms with van der Waals surface area (Å²) >= 11 is 0. The molecule has 1 unspecified atom stereocenters. The fraction of sp³-hybridized carbons (Fsp3) is 0.125. The van der Waals surface area contributed by atoms with Crippen LogP contribution >= 0.6 is 0 Å². The van der Waals surface area contributed by atoms with E-state index in [1.807, 2.05) is 6.07 Å². The molecule has 2 aromatic rings. The molecular weight excluding hydrogens is 270 g/mol. The maximum atomic E-state index is 10.9. The molecule has 0 spiro atoms. The van der Waals surface area contributed by atoms with Crippen LogP contribution in [0, 0.1) is 11.3 Å². The number of nitrogens with zero attached hydrogens (tertiary/aromatic N) is 1. The molecule has 1 N–H and O–H groups in total. The molecule has 0 aliphatic carbocycles. The van der Waals surface area contributed by atoms with E-state index < -0.39 is 12.1 Å². The number of carboxylic acids is 1. The third kappa shape index (κ3) is 3.51. The van der Waals surface area contributed by atoms with Crippen molar-refractivity contribution < 1.29 is 19.4 Å². The van der Waals surface area contributed by atoms with Crippen molar-refractivity contribution in [2.24, 2.45) is 0 Å². The lowest BCUT2D eigenvalue weighted by Crippen LogP contribution is -2.23. The molecule has 0 bridgehead atoms. The van der Waals surface area contributed by atoms with E-state index in [2.05, 4.69) is 0 Å². The first-order valence-corrected chi connectivity index (χ1v) is 6.27. The van der Waals surface area contributed by atoms with E-state index in [9.17, 15) is 4.79 Å². The van der Waals surface area contributed by atoms with E-state index in [1.54, 1.807) is 48.5 Å². The fourth-order valence-corrected chi connectivity index (χ4v) is 1.64. The van der Waals surface area contributed by atoms with Crippen molar-refractivity contribution in [2.45, 2.75) is 13.0 Å². The number of aliphatic carboxylic acids is 1. The van der Waals surface area contributed by atoms with Gasteiger partial charge in [-0.05, 0) is 31.2 Å². The van der Waals surface area contributed by atoms with Gasteiger partial charge in [-0.1, -0.05) is 24.3 Å². The molecule has 0 radical (unpaired) electrons. The van der Waals surface area contributed by atoms with Crippen molar-refractivity contribution in [1.29, 1.82) is 5.26 Å². The summed E-state index contributed by atoms with van der Waals surface area (Å²) in [5.41, 5.74) is 0.388. The topological polar surface area (TPSA) is 79.5 Å². The van der Waals surface area contributed by atoms with Crippen molar-refractivity contribution in [2.75, 3.05) is 0 Å². The Kier molecular flexibility index (Phi) is 4.42. The van der Waals surface area contributed by atoms with Crippen LogP contribution in [0.1, 0.15) is 12.5 Å². The van der Waals surface area contributed by atoms with Gasteiger partial charge in [-0.15, -0.1) is 0 Å². The van der Waals surface area contributed by atoms with Gasteiger partial charge in [0.15, 0.2) is 17.6 Å². The summed E-state index contributed by atoms with van der Waals surface area (Å²) in [6.45, 7) is 1.43. The van der Waals surface area contributed by atoms with Crippen LogP contribution in [0.2, 0.25) is 0 Å². The number of rotatable bonds is 5. The van der Waals surface area contributed by atoms with Crippen LogP contribution < -0.4 is 9.47 Å². The van der Waals surface area contributed by atoms with Gasteiger partial charge >= 0.3 is 5.97 Å². The van der Waals surface area contributed by atoms with Gasteiger partial charge in [0, 0.05) is 0 Å². The molecular formula is C16H13NO4. The third-order valence-corrected chi connectivity index (χ3v) is 2.73. The van der Waals surface area contributed by atoms with Crippen LogP contribution in [0.5, 0.6) is 17.2 Å². The number of hydrogen-bond donors (Lipinski definition) is 1. The van der Waals surface area contributed by atoms with Gasteiger partial charge in [-0.25, -0.2) is 4.79 Å². The molecule has 2 aromatic carbocycles. The molecule has 21 heavy (non-hydrogen) atoms. The van der Waals surface area contributed by atoms with E-state index in [4.69, 9.17) is 19.8 Å². The number of para-hydroxylation sites is 3. The number of benzene rings is 2. The molecule has 5 heteroatoms. The van der Waals surface area contributed by atoms with E-state index in [1.165, 1.54) is 6.92 Å². The van der Waals surface area contributed by atoms with Gasteiger partial charge < -0.3 is 14.6 Å². The molecule has 0 heterocycles. The van der Waals surface area contributed by atoms with Crippen LogP contribution in [0.3, 0.4) is 0 Å².